The molecule has 0 aromatic heterocycles. The monoisotopic (exact) mass is 390 g/mol. The number of hydrogen-bond acceptors (Lipinski definition) is 7. The zero-order valence-electron chi connectivity index (χ0n) is 12.5. The Morgan fingerprint density at radius 1 is 1.24 bits per heavy atom. The molecular formula is C13H14F4O7S. The molecule has 0 aromatic carbocycles. The van der Waals surface area contributed by atoms with Crippen LogP contribution < -0.4 is 0 Å². The first kappa shape index (κ1) is 18.4. The number of halogens is 4. The Balaban J connectivity index is 1.49. The lowest BCUT2D eigenvalue weighted by molar-refractivity contribution is -0.165. The minimum atomic E-state index is -5.17. The molecular weight excluding hydrogens is 376 g/mol. The van der Waals surface area contributed by atoms with Crippen molar-refractivity contribution in [1.82, 2.24) is 0 Å². The molecule has 3 rings (SSSR count). The smallest absolute Gasteiger partial charge is 0.404 e. The number of esters is 2. The highest BCUT2D eigenvalue weighted by Gasteiger charge is 2.66. The van der Waals surface area contributed by atoms with Crippen molar-refractivity contribution in [2.24, 2.45) is 11.8 Å². The third kappa shape index (κ3) is 2.88. The summed E-state index contributed by atoms with van der Waals surface area (Å²) in [6.45, 7) is -0.599. The van der Waals surface area contributed by atoms with E-state index in [1.165, 1.54) is 0 Å². The van der Waals surface area contributed by atoms with Gasteiger partial charge in [-0.2, -0.15) is 17.6 Å². The van der Waals surface area contributed by atoms with Gasteiger partial charge >= 0.3 is 23.1 Å². The summed E-state index contributed by atoms with van der Waals surface area (Å²) in [6, 6.07) is 0. The maximum absolute atomic E-state index is 13.2. The van der Waals surface area contributed by atoms with Crippen LogP contribution in [0.4, 0.5) is 17.6 Å². The van der Waals surface area contributed by atoms with E-state index in [2.05, 4.69) is 0 Å². The van der Waals surface area contributed by atoms with E-state index in [4.69, 9.17) is 14.2 Å². The molecule has 5 unspecified atom stereocenters. The van der Waals surface area contributed by atoms with E-state index < -0.39 is 83.4 Å². The van der Waals surface area contributed by atoms with Crippen molar-refractivity contribution in [3.05, 3.63) is 0 Å². The van der Waals surface area contributed by atoms with Crippen LogP contribution in [0.15, 0.2) is 0 Å². The number of carbonyl (C=O) groups excluding carboxylic acids is 2. The highest BCUT2D eigenvalue weighted by atomic mass is 32.2. The zero-order valence-corrected chi connectivity index (χ0v) is 13.4. The Bertz CT molecular complexity index is 657. The van der Waals surface area contributed by atoms with Gasteiger partial charge in [-0.1, -0.05) is 0 Å². The van der Waals surface area contributed by atoms with Crippen LogP contribution in [0.3, 0.4) is 0 Å². The van der Waals surface area contributed by atoms with E-state index in [1.807, 2.05) is 0 Å². The van der Waals surface area contributed by atoms with Crippen LogP contribution in [-0.2, 0) is 34.5 Å². The molecule has 25 heavy (non-hydrogen) atoms. The molecule has 0 amide bonds. The molecule has 3 aliphatic heterocycles. The SMILES string of the molecule is O=C1OC2C3OC(CC13)C2C(=O)OCCCC(F)(F)C(F)(F)[SH](=O)=O. The van der Waals surface area contributed by atoms with Crippen LogP contribution in [-0.4, -0.2) is 56.5 Å². The van der Waals surface area contributed by atoms with Crippen LogP contribution in [0, 0.1) is 11.8 Å². The van der Waals surface area contributed by atoms with Crippen molar-refractivity contribution < 1.29 is 49.8 Å². The normalized spacial score (nSPS) is 33.8. The lowest BCUT2D eigenvalue weighted by atomic mass is 9.82. The van der Waals surface area contributed by atoms with Gasteiger partial charge in [0.05, 0.1) is 18.6 Å². The molecule has 0 spiro atoms. The summed E-state index contributed by atoms with van der Waals surface area (Å²) < 4.78 is 87.9. The minimum absolute atomic E-state index is 0.306. The van der Waals surface area contributed by atoms with E-state index in [9.17, 15) is 35.6 Å². The Morgan fingerprint density at radius 3 is 2.56 bits per heavy atom. The lowest BCUT2D eigenvalue weighted by Gasteiger charge is -2.22. The van der Waals surface area contributed by atoms with Crippen LogP contribution in [0.5, 0.6) is 0 Å². The molecule has 0 N–H and O–H groups in total. The van der Waals surface area contributed by atoms with Gasteiger partial charge in [-0.05, 0) is 12.8 Å². The van der Waals surface area contributed by atoms with E-state index >= 15 is 0 Å². The lowest BCUT2D eigenvalue weighted by Crippen LogP contribution is -2.42. The minimum Gasteiger partial charge on any atom is -0.465 e. The summed E-state index contributed by atoms with van der Waals surface area (Å²) in [6.07, 6.45) is -3.68. The van der Waals surface area contributed by atoms with Crippen molar-refractivity contribution >= 4 is 22.6 Å². The predicted molar refractivity (Wildman–Crippen MR) is 70.5 cm³/mol. The van der Waals surface area contributed by atoms with E-state index in [0.29, 0.717) is 6.42 Å². The Labute approximate surface area is 140 Å². The molecule has 3 saturated heterocycles. The fraction of sp³-hybridized carbons (Fsp3) is 0.846. The molecule has 0 aliphatic carbocycles. The van der Waals surface area contributed by atoms with Gasteiger partial charge in [-0.15, -0.1) is 0 Å². The van der Waals surface area contributed by atoms with Gasteiger partial charge in [-0.3, -0.25) is 9.59 Å². The standard InChI is InChI=1S/C13H14F4O7S/c14-12(15,13(16,17)25(20)21)2-1-3-22-11(19)7-6-4-5-8(23-6)9(7)24-10(5)18/h5-9,25H,1-4H2. The van der Waals surface area contributed by atoms with Crippen LogP contribution in [0.25, 0.3) is 0 Å². The second-order valence-electron chi connectivity index (χ2n) is 6.18. The molecule has 3 fully saturated rings. The molecule has 0 aromatic rings. The molecule has 3 heterocycles. The molecule has 7 nitrogen and oxygen atoms in total. The number of fused-ring (bicyclic) bond motifs is 1. The highest BCUT2D eigenvalue weighted by molar-refractivity contribution is 7.73. The van der Waals surface area contributed by atoms with Crippen molar-refractivity contribution in [2.75, 3.05) is 6.61 Å². The van der Waals surface area contributed by atoms with E-state index in [-0.39, 0.29) is 0 Å². The number of ether oxygens (including phenoxy) is 3. The number of carbonyl (C=O) groups is 2. The maximum atomic E-state index is 13.2. The summed E-state index contributed by atoms with van der Waals surface area (Å²) in [5.41, 5.74) is 0. The average Bonchev–Trinajstić information content (AvgIpc) is 3.13. The van der Waals surface area contributed by atoms with Gasteiger partial charge in [0.15, 0.2) is 0 Å². The molecule has 2 bridgehead atoms. The van der Waals surface area contributed by atoms with Crippen molar-refractivity contribution in [3.63, 3.8) is 0 Å². The topological polar surface area (TPSA) is 96.0 Å². The quantitative estimate of drug-likeness (QED) is 0.292. The zero-order chi connectivity index (χ0) is 18.6. The first-order chi connectivity index (χ1) is 11.6. The fourth-order valence-electron chi connectivity index (χ4n) is 3.42. The summed E-state index contributed by atoms with van der Waals surface area (Å²) >= 11 is 0. The number of hydrogen-bond donors (Lipinski definition) is 1. The highest BCUT2D eigenvalue weighted by Crippen LogP contribution is 2.49. The molecule has 3 aliphatic rings. The van der Waals surface area contributed by atoms with Gasteiger partial charge in [0.1, 0.15) is 18.1 Å². The van der Waals surface area contributed by atoms with Crippen LogP contribution in [0.2, 0.25) is 0 Å². The molecule has 12 heteroatoms. The Hall–Kier alpha value is -1.43. The van der Waals surface area contributed by atoms with Crippen LogP contribution in [0.1, 0.15) is 19.3 Å². The summed E-state index contributed by atoms with van der Waals surface area (Å²) in [4.78, 5) is 23.6. The fourth-order valence-corrected chi connectivity index (χ4v) is 3.79. The second-order valence-corrected chi connectivity index (χ2v) is 7.26. The van der Waals surface area contributed by atoms with Crippen molar-refractivity contribution in [2.45, 2.75) is 48.8 Å². The molecule has 0 radical (unpaired) electrons. The average molecular weight is 390 g/mol. The number of thiol groups is 1. The summed E-state index contributed by atoms with van der Waals surface area (Å²) in [5, 5.41) is -5.17. The van der Waals surface area contributed by atoms with Gasteiger partial charge in [-0.25, -0.2) is 8.42 Å². The van der Waals surface area contributed by atoms with Crippen molar-refractivity contribution in [1.29, 1.82) is 0 Å². The third-order valence-electron chi connectivity index (χ3n) is 4.67. The van der Waals surface area contributed by atoms with Gasteiger partial charge in [0.2, 0.25) is 10.7 Å². The Kier molecular flexibility index (Phi) is 4.46. The van der Waals surface area contributed by atoms with Crippen molar-refractivity contribution in [3.8, 4) is 0 Å². The molecule has 5 atom stereocenters. The largest absolute Gasteiger partial charge is 0.465 e. The van der Waals surface area contributed by atoms with Gasteiger partial charge < -0.3 is 14.2 Å². The summed E-state index contributed by atoms with van der Waals surface area (Å²) in [7, 11) is -4.64. The molecule has 142 valence electrons. The van der Waals surface area contributed by atoms with E-state index in [0.717, 1.165) is 0 Å². The first-order valence-corrected chi connectivity index (χ1v) is 8.67. The second kappa shape index (κ2) is 6.08. The maximum Gasteiger partial charge on any atom is 0.404 e. The number of alkyl halides is 4. The Morgan fingerprint density at radius 2 is 1.92 bits per heavy atom. The predicted octanol–water partition coefficient (Wildman–Crippen LogP) is 0.478. The summed E-state index contributed by atoms with van der Waals surface area (Å²) in [5.74, 6) is -7.32. The number of rotatable bonds is 7. The third-order valence-corrected chi connectivity index (χ3v) is 5.45. The first-order valence-electron chi connectivity index (χ1n) is 7.49. The van der Waals surface area contributed by atoms with Gasteiger partial charge in [0, 0.05) is 6.42 Å². The molecule has 0 saturated carbocycles. The van der Waals surface area contributed by atoms with Gasteiger partial charge in [0.25, 0.3) is 0 Å². The van der Waals surface area contributed by atoms with E-state index in [1.54, 1.807) is 0 Å². The van der Waals surface area contributed by atoms with Crippen LogP contribution >= 0.6 is 0 Å².